The summed E-state index contributed by atoms with van der Waals surface area (Å²) in [6.45, 7) is 3.77. The topological polar surface area (TPSA) is 108 Å². The van der Waals surface area contributed by atoms with E-state index in [1.54, 1.807) is 13.8 Å². The number of esters is 2. The first kappa shape index (κ1) is 18.1. The number of carbonyl (C=O) groups is 2. The molecule has 8 nitrogen and oxygen atoms in total. The van der Waals surface area contributed by atoms with Gasteiger partial charge in [0.2, 0.25) is 0 Å². The smallest absolute Gasteiger partial charge is 0.354 e. The minimum Gasteiger partial charge on any atom is -0.466 e. The first-order valence-corrected chi connectivity index (χ1v) is 7.02. The number of hydrogen-bond donors (Lipinski definition) is 1. The van der Waals surface area contributed by atoms with Gasteiger partial charge in [0, 0.05) is 17.8 Å². The number of non-ortho nitro benzene ring substituents is 1. The molecule has 1 rings (SSSR count). The second-order valence-corrected chi connectivity index (χ2v) is 4.28. The van der Waals surface area contributed by atoms with Gasteiger partial charge in [-0.1, -0.05) is 0 Å². The Balaban J connectivity index is 2.87. The number of rotatable bonds is 8. The van der Waals surface area contributed by atoms with Gasteiger partial charge in [0.15, 0.2) is 0 Å². The maximum atomic E-state index is 11.9. The van der Waals surface area contributed by atoms with Crippen LogP contribution in [0.2, 0.25) is 0 Å². The summed E-state index contributed by atoms with van der Waals surface area (Å²) in [5, 5.41) is 13.4. The Kier molecular flexibility index (Phi) is 7.25. The Morgan fingerprint density at radius 3 is 2.30 bits per heavy atom. The summed E-state index contributed by atoms with van der Waals surface area (Å²) >= 11 is 0. The predicted molar refractivity (Wildman–Crippen MR) is 82.7 cm³/mol. The van der Waals surface area contributed by atoms with Crippen molar-refractivity contribution >= 4 is 23.3 Å². The normalized spacial score (nSPS) is 10.8. The van der Waals surface area contributed by atoms with E-state index in [9.17, 15) is 19.7 Å². The van der Waals surface area contributed by atoms with E-state index in [2.05, 4.69) is 5.32 Å². The zero-order valence-corrected chi connectivity index (χ0v) is 12.9. The molecule has 0 unspecified atom stereocenters. The zero-order valence-electron chi connectivity index (χ0n) is 12.9. The summed E-state index contributed by atoms with van der Waals surface area (Å²) < 4.78 is 9.69. The van der Waals surface area contributed by atoms with Crippen LogP contribution in [0.5, 0.6) is 0 Å². The quantitative estimate of drug-likeness (QED) is 0.339. The third kappa shape index (κ3) is 6.16. The lowest BCUT2D eigenvalue weighted by Gasteiger charge is -2.10. The molecule has 0 heterocycles. The molecule has 124 valence electrons. The largest absolute Gasteiger partial charge is 0.466 e. The fourth-order valence-corrected chi connectivity index (χ4v) is 1.62. The van der Waals surface area contributed by atoms with Crippen LogP contribution in [0.1, 0.15) is 20.3 Å². The van der Waals surface area contributed by atoms with Crippen molar-refractivity contribution in [1.82, 2.24) is 0 Å². The van der Waals surface area contributed by atoms with Gasteiger partial charge in [0.05, 0.1) is 24.6 Å². The predicted octanol–water partition coefficient (Wildman–Crippen LogP) is 2.41. The zero-order chi connectivity index (χ0) is 17.2. The molecule has 0 atom stereocenters. The highest BCUT2D eigenvalue weighted by molar-refractivity contribution is 5.92. The highest BCUT2D eigenvalue weighted by Crippen LogP contribution is 2.17. The van der Waals surface area contributed by atoms with Gasteiger partial charge in [0.25, 0.3) is 5.69 Å². The van der Waals surface area contributed by atoms with Crippen molar-refractivity contribution in [2.75, 3.05) is 18.5 Å². The Morgan fingerprint density at radius 1 is 1.17 bits per heavy atom. The van der Waals surface area contributed by atoms with Crippen molar-refractivity contribution in [3.05, 3.63) is 46.2 Å². The molecule has 1 N–H and O–H groups in total. The minimum absolute atomic E-state index is 0.0637. The van der Waals surface area contributed by atoms with Crippen LogP contribution in [0.15, 0.2) is 36.0 Å². The number of hydrogen-bond acceptors (Lipinski definition) is 7. The van der Waals surface area contributed by atoms with Crippen LogP contribution >= 0.6 is 0 Å². The summed E-state index contributed by atoms with van der Waals surface area (Å²) in [6, 6.07) is 5.51. The van der Waals surface area contributed by atoms with Crippen LogP contribution in [-0.2, 0) is 19.1 Å². The molecule has 0 aliphatic carbocycles. The van der Waals surface area contributed by atoms with E-state index in [-0.39, 0.29) is 31.0 Å². The first-order chi connectivity index (χ1) is 11.0. The fraction of sp³-hybridized carbons (Fsp3) is 0.333. The van der Waals surface area contributed by atoms with Crippen molar-refractivity contribution in [2.24, 2.45) is 0 Å². The number of ether oxygens (including phenoxy) is 2. The van der Waals surface area contributed by atoms with E-state index in [1.807, 2.05) is 0 Å². The van der Waals surface area contributed by atoms with Crippen LogP contribution in [0.3, 0.4) is 0 Å². The summed E-state index contributed by atoms with van der Waals surface area (Å²) in [4.78, 5) is 33.4. The van der Waals surface area contributed by atoms with Gasteiger partial charge in [-0.05, 0) is 32.1 Å². The monoisotopic (exact) mass is 322 g/mol. The lowest BCUT2D eigenvalue weighted by Crippen LogP contribution is -2.15. The average molecular weight is 322 g/mol. The van der Waals surface area contributed by atoms with Crippen molar-refractivity contribution in [1.29, 1.82) is 0 Å². The van der Waals surface area contributed by atoms with Crippen LogP contribution < -0.4 is 5.32 Å². The van der Waals surface area contributed by atoms with E-state index < -0.39 is 16.9 Å². The van der Waals surface area contributed by atoms with E-state index in [0.717, 1.165) is 0 Å². The van der Waals surface area contributed by atoms with Crippen molar-refractivity contribution in [2.45, 2.75) is 20.3 Å². The van der Waals surface area contributed by atoms with Crippen molar-refractivity contribution < 1.29 is 24.0 Å². The molecular weight excluding hydrogens is 304 g/mol. The molecule has 0 aliphatic heterocycles. The van der Waals surface area contributed by atoms with Gasteiger partial charge in [-0.15, -0.1) is 0 Å². The molecule has 0 amide bonds. The van der Waals surface area contributed by atoms with E-state index in [0.29, 0.717) is 5.69 Å². The van der Waals surface area contributed by atoms with E-state index >= 15 is 0 Å². The van der Waals surface area contributed by atoms with Gasteiger partial charge in [0.1, 0.15) is 5.70 Å². The Morgan fingerprint density at radius 2 is 1.78 bits per heavy atom. The summed E-state index contributed by atoms with van der Waals surface area (Å²) in [7, 11) is 0. The van der Waals surface area contributed by atoms with Gasteiger partial charge in [-0.3, -0.25) is 14.9 Å². The molecule has 8 heteroatoms. The van der Waals surface area contributed by atoms with Gasteiger partial charge < -0.3 is 14.8 Å². The van der Waals surface area contributed by atoms with Gasteiger partial charge >= 0.3 is 11.9 Å². The van der Waals surface area contributed by atoms with E-state index in [4.69, 9.17) is 9.47 Å². The standard InChI is InChI=1S/C15H18N2O6/c1-3-22-14(18)10-9-13(15(19)23-4-2)16-11-5-7-12(8-6-11)17(20)21/h5-9,16H,3-4,10H2,1-2H3/b13-9-. The lowest BCUT2D eigenvalue weighted by molar-refractivity contribution is -0.384. The van der Waals surface area contributed by atoms with Crippen molar-refractivity contribution in [3.8, 4) is 0 Å². The summed E-state index contributed by atoms with van der Waals surface area (Å²) in [6.07, 6.45) is 1.26. The number of anilines is 1. The van der Waals surface area contributed by atoms with Gasteiger partial charge in [-0.2, -0.15) is 0 Å². The van der Waals surface area contributed by atoms with Crippen LogP contribution in [0.25, 0.3) is 0 Å². The van der Waals surface area contributed by atoms with Crippen LogP contribution in [-0.4, -0.2) is 30.1 Å². The SMILES string of the molecule is CCOC(=O)C/C=C(\Nc1ccc([N+](=O)[O-])cc1)C(=O)OCC. The third-order valence-corrected chi connectivity index (χ3v) is 2.63. The highest BCUT2D eigenvalue weighted by atomic mass is 16.6. The highest BCUT2D eigenvalue weighted by Gasteiger charge is 2.13. The molecule has 0 aromatic heterocycles. The summed E-state index contributed by atoms with van der Waals surface area (Å²) in [5.74, 6) is -1.10. The molecule has 1 aromatic carbocycles. The molecule has 0 spiro atoms. The molecule has 0 radical (unpaired) electrons. The second-order valence-electron chi connectivity index (χ2n) is 4.28. The second kappa shape index (κ2) is 9.19. The van der Waals surface area contributed by atoms with E-state index in [1.165, 1.54) is 30.3 Å². The Bertz CT molecular complexity index is 594. The molecular formula is C15H18N2O6. The lowest BCUT2D eigenvalue weighted by atomic mass is 10.2. The van der Waals surface area contributed by atoms with Crippen molar-refractivity contribution in [3.63, 3.8) is 0 Å². The molecule has 0 fully saturated rings. The molecule has 0 saturated carbocycles. The fourth-order valence-electron chi connectivity index (χ4n) is 1.62. The third-order valence-electron chi connectivity index (χ3n) is 2.63. The maximum Gasteiger partial charge on any atom is 0.354 e. The number of nitrogens with one attached hydrogen (secondary N) is 1. The number of nitro benzene ring substituents is 1. The Hall–Kier alpha value is -2.90. The number of carbonyl (C=O) groups excluding carboxylic acids is 2. The average Bonchev–Trinajstić information content (AvgIpc) is 2.52. The molecule has 0 aliphatic rings. The minimum atomic E-state index is -0.629. The first-order valence-electron chi connectivity index (χ1n) is 7.02. The van der Waals surface area contributed by atoms with Crippen LogP contribution in [0, 0.1) is 10.1 Å². The summed E-state index contributed by atoms with van der Waals surface area (Å²) in [5.41, 5.74) is 0.455. The van der Waals surface area contributed by atoms with Gasteiger partial charge in [-0.25, -0.2) is 4.79 Å². The molecule has 0 saturated heterocycles. The Labute approximate surface area is 133 Å². The molecule has 0 bridgehead atoms. The number of nitro groups is 1. The van der Waals surface area contributed by atoms with Crippen LogP contribution in [0.4, 0.5) is 11.4 Å². The number of benzene rings is 1. The maximum absolute atomic E-state index is 11.9. The molecule has 1 aromatic rings. The number of nitrogens with zero attached hydrogens (tertiary/aromatic N) is 1. The molecule has 23 heavy (non-hydrogen) atoms.